The van der Waals surface area contributed by atoms with Crippen molar-refractivity contribution in [1.29, 1.82) is 0 Å². The predicted molar refractivity (Wildman–Crippen MR) is 71.5 cm³/mol. The van der Waals surface area contributed by atoms with Crippen LogP contribution >= 0.6 is 0 Å². The second-order valence-electron chi connectivity index (χ2n) is 5.23. The number of carboxylic acid groups (broad SMARTS) is 1. The Balaban J connectivity index is 2.07. The SMILES string of the molecule is CC(Cc1ccccc1F)N1CCCCC1C(=O)O. The first-order valence-electron chi connectivity index (χ1n) is 6.81. The van der Waals surface area contributed by atoms with Gasteiger partial charge in [-0.1, -0.05) is 24.6 Å². The highest BCUT2D eigenvalue weighted by atomic mass is 19.1. The Hall–Kier alpha value is -1.42. The molecule has 1 saturated heterocycles. The minimum absolute atomic E-state index is 0.0401. The van der Waals surface area contributed by atoms with Crippen molar-refractivity contribution < 1.29 is 14.3 Å². The van der Waals surface area contributed by atoms with E-state index >= 15 is 0 Å². The monoisotopic (exact) mass is 265 g/mol. The van der Waals surface area contributed by atoms with Gasteiger partial charge in [-0.05, 0) is 44.4 Å². The van der Waals surface area contributed by atoms with Gasteiger partial charge in [0.1, 0.15) is 11.9 Å². The van der Waals surface area contributed by atoms with Crippen molar-refractivity contribution in [2.45, 2.75) is 44.7 Å². The van der Waals surface area contributed by atoms with Crippen molar-refractivity contribution in [3.05, 3.63) is 35.6 Å². The van der Waals surface area contributed by atoms with Crippen LogP contribution in [0.1, 0.15) is 31.7 Å². The largest absolute Gasteiger partial charge is 0.480 e. The topological polar surface area (TPSA) is 40.5 Å². The van der Waals surface area contributed by atoms with Crippen LogP contribution in [0, 0.1) is 5.82 Å². The molecule has 0 amide bonds. The Bertz CT molecular complexity index is 450. The normalized spacial score (nSPS) is 22.1. The van der Waals surface area contributed by atoms with Crippen molar-refractivity contribution in [2.24, 2.45) is 0 Å². The van der Waals surface area contributed by atoms with E-state index < -0.39 is 12.0 Å². The highest BCUT2D eigenvalue weighted by Gasteiger charge is 2.31. The van der Waals surface area contributed by atoms with Gasteiger partial charge in [-0.2, -0.15) is 0 Å². The van der Waals surface area contributed by atoms with Gasteiger partial charge in [-0.3, -0.25) is 9.69 Å². The Kier molecular flexibility index (Phi) is 4.53. The Labute approximate surface area is 113 Å². The van der Waals surface area contributed by atoms with Crippen LogP contribution in [-0.2, 0) is 11.2 Å². The van der Waals surface area contributed by atoms with Crippen molar-refractivity contribution in [2.75, 3.05) is 6.54 Å². The molecular formula is C15H20FNO2. The molecule has 2 rings (SSSR count). The van der Waals surface area contributed by atoms with E-state index in [2.05, 4.69) is 0 Å². The summed E-state index contributed by atoms with van der Waals surface area (Å²) in [6, 6.07) is 6.33. The molecule has 1 aromatic rings. The lowest BCUT2D eigenvalue weighted by Crippen LogP contribution is -2.49. The molecule has 4 heteroatoms. The molecule has 0 aromatic heterocycles. The van der Waals surface area contributed by atoms with E-state index in [1.165, 1.54) is 6.07 Å². The molecule has 0 spiro atoms. The first-order chi connectivity index (χ1) is 9.09. The quantitative estimate of drug-likeness (QED) is 0.910. The molecule has 19 heavy (non-hydrogen) atoms. The van der Waals surface area contributed by atoms with E-state index in [4.69, 9.17) is 0 Å². The number of hydrogen-bond acceptors (Lipinski definition) is 2. The number of rotatable bonds is 4. The number of aliphatic carboxylic acids is 1. The standard InChI is InChI=1S/C15H20FNO2/c1-11(10-12-6-2-3-7-13(12)16)17-9-5-4-8-14(17)15(18)19/h2-3,6-7,11,14H,4-5,8-10H2,1H3,(H,18,19). The number of carboxylic acids is 1. The Morgan fingerprint density at radius 3 is 2.89 bits per heavy atom. The Morgan fingerprint density at radius 2 is 2.21 bits per heavy atom. The summed E-state index contributed by atoms with van der Waals surface area (Å²) >= 11 is 0. The summed E-state index contributed by atoms with van der Waals surface area (Å²) in [6.45, 7) is 2.76. The number of benzene rings is 1. The molecule has 1 fully saturated rings. The molecule has 1 aliphatic heterocycles. The van der Waals surface area contributed by atoms with Crippen LogP contribution in [0.25, 0.3) is 0 Å². The van der Waals surface area contributed by atoms with Gasteiger partial charge >= 0.3 is 5.97 Å². The van der Waals surface area contributed by atoms with E-state index in [1.807, 2.05) is 17.9 Å². The fourth-order valence-corrected chi connectivity index (χ4v) is 2.85. The zero-order valence-corrected chi connectivity index (χ0v) is 11.2. The van der Waals surface area contributed by atoms with Crippen molar-refractivity contribution in [1.82, 2.24) is 4.90 Å². The summed E-state index contributed by atoms with van der Waals surface area (Å²) in [6.07, 6.45) is 3.22. The minimum atomic E-state index is -0.764. The van der Waals surface area contributed by atoms with E-state index in [-0.39, 0.29) is 11.9 Å². The van der Waals surface area contributed by atoms with E-state index in [0.29, 0.717) is 18.4 Å². The molecule has 3 nitrogen and oxygen atoms in total. The lowest BCUT2D eigenvalue weighted by Gasteiger charge is -2.37. The molecule has 2 atom stereocenters. The third-order valence-corrected chi connectivity index (χ3v) is 3.87. The molecule has 1 aromatic carbocycles. The zero-order chi connectivity index (χ0) is 13.8. The van der Waals surface area contributed by atoms with Gasteiger partial charge in [0.2, 0.25) is 0 Å². The molecule has 1 N–H and O–H groups in total. The predicted octanol–water partition coefficient (Wildman–Crippen LogP) is 2.70. The maximum absolute atomic E-state index is 13.6. The van der Waals surface area contributed by atoms with Crippen molar-refractivity contribution in [3.8, 4) is 0 Å². The van der Waals surface area contributed by atoms with Crippen LogP contribution in [-0.4, -0.2) is 34.6 Å². The van der Waals surface area contributed by atoms with Crippen molar-refractivity contribution >= 4 is 5.97 Å². The first kappa shape index (κ1) is 14.0. The van der Waals surface area contributed by atoms with Crippen molar-refractivity contribution in [3.63, 3.8) is 0 Å². The number of likely N-dealkylation sites (tertiary alicyclic amines) is 1. The van der Waals surface area contributed by atoms with Gasteiger partial charge in [0.15, 0.2) is 0 Å². The minimum Gasteiger partial charge on any atom is -0.480 e. The molecule has 0 bridgehead atoms. The van der Waals surface area contributed by atoms with Crippen LogP contribution in [0.3, 0.4) is 0 Å². The molecule has 1 aliphatic rings. The van der Waals surface area contributed by atoms with Gasteiger partial charge in [-0.15, -0.1) is 0 Å². The number of hydrogen-bond donors (Lipinski definition) is 1. The summed E-state index contributed by atoms with van der Waals surface area (Å²) < 4.78 is 13.6. The Morgan fingerprint density at radius 1 is 1.47 bits per heavy atom. The average Bonchev–Trinajstić information content (AvgIpc) is 2.41. The van der Waals surface area contributed by atoms with E-state index in [0.717, 1.165) is 19.4 Å². The molecule has 0 aliphatic carbocycles. The van der Waals surface area contributed by atoms with Crippen LogP contribution in [0.15, 0.2) is 24.3 Å². The van der Waals surface area contributed by atoms with Gasteiger partial charge in [0.05, 0.1) is 0 Å². The van der Waals surface area contributed by atoms with Gasteiger partial charge < -0.3 is 5.11 Å². The second kappa shape index (κ2) is 6.15. The van der Waals surface area contributed by atoms with Gasteiger partial charge in [0.25, 0.3) is 0 Å². The summed E-state index contributed by atoms with van der Waals surface area (Å²) in [4.78, 5) is 13.3. The summed E-state index contributed by atoms with van der Waals surface area (Å²) in [7, 11) is 0. The first-order valence-corrected chi connectivity index (χ1v) is 6.81. The van der Waals surface area contributed by atoms with Gasteiger partial charge in [-0.25, -0.2) is 4.39 Å². The lowest BCUT2D eigenvalue weighted by atomic mass is 9.97. The fourth-order valence-electron chi connectivity index (χ4n) is 2.85. The maximum Gasteiger partial charge on any atom is 0.320 e. The number of piperidine rings is 1. The molecule has 0 radical (unpaired) electrons. The molecule has 1 heterocycles. The maximum atomic E-state index is 13.6. The third-order valence-electron chi connectivity index (χ3n) is 3.87. The number of halogens is 1. The molecule has 2 unspecified atom stereocenters. The van der Waals surface area contributed by atoms with E-state index in [9.17, 15) is 14.3 Å². The fraction of sp³-hybridized carbons (Fsp3) is 0.533. The summed E-state index contributed by atoms with van der Waals surface area (Å²) in [5.74, 6) is -0.974. The number of nitrogens with zero attached hydrogens (tertiary/aromatic N) is 1. The molecular weight excluding hydrogens is 245 g/mol. The average molecular weight is 265 g/mol. The highest BCUT2D eigenvalue weighted by Crippen LogP contribution is 2.22. The van der Waals surface area contributed by atoms with Gasteiger partial charge in [0, 0.05) is 6.04 Å². The lowest BCUT2D eigenvalue weighted by molar-refractivity contribution is -0.145. The smallest absolute Gasteiger partial charge is 0.320 e. The number of carbonyl (C=O) groups is 1. The second-order valence-corrected chi connectivity index (χ2v) is 5.23. The van der Waals surface area contributed by atoms with E-state index in [1.54, 1.807) is 12.1 Å². The zero-order valence-electron chi connectivity index (χ0n) is 11.2. The molecule has 0 saturated carbocycles. The third kappa shape index (κ3) is 3.32. The highest BCUT2D eigenvalue weighted by molar-refractivity contribution is 5.73. The van der Waals surface area contributed by atoms with Crippen LogP contribution in [0.4, 0.5) is 4.39 Å². The van der Waals surface area contributed by atoms with Crippen LogP contribution in [0.2, 0.25) is 0 Å². The summed E-state index contributed by atoms with van der Waals surface area (Å²) in [5.41, 5.74) is 0.657. The summed E-state index contributed by atoms with van der Waals surface area (Å²) in [5, 5.41) is 9.26. The van der Waals surface area contributed by atoms with Crippen LogP contribution < -0.4 is 0 Å². The molecule has 104 valence electrons. The van der Waals surface area contributed by atoms with Crippen LogP contribution in [0.5, 0.6) is 0 Å².